The average molecular weight is 386 g/mol. The van der Waals surface area contributed by atoms with Crippen molar-refractivity contribution in [3.63, 3.8) is 0 Å². The molecule has 1 heterocycles. The molecule has 0 radical (unpaired) electrons. The number of alkyl halides is 3. The van der Waals surface area contributed by atoms with E-state index in [0.29, 0.717) is 10.4 Å². The molecule has 0 saturated carbocycles. The fourth-order valence-corrected chi connectivity index (χ4v) is 3.02. The van der Waals surface area contributed by atoms with E-state index in [-0.39, 0.29) is 10.6 Å². The Morgan fingerprint density at radius 1 is 1.12 bits per heavy atom. The maximum Gasteiger partial charge on any atom is 0.416 e. The molecule has 1 aromatic heterocycles. The number of carbonyl (C=O) groups excluding carboxylic acids is 2. The molecule has 0 spiro atoms. The molecule has 5 nitrogen and oxygen atoms in total. The molecule has 0 saturated heterocycles. The molecule has 0 unspecified atom stereocenters. The summed E-state index contributed by atoms with van der Waals surface area (Å²) in [6.07, 6.45) is -5.20. The van der Waals surface area contributed by atoms with Gasteiger partial charge in [-0.25, -0.2) is 4.79 Å². The lowest BCUT2D eigenvalue weighted by atomic mass is 10.1. The van der Waals surface area contributed by atoms with Crippen molar-refractivity contribution in [2.75, 3.05) is 5.32 Å². The Kier molecular flexibility index (Phi) is 5.31. The largest absolute Gasteiger partial charge is 0.444 e. The standard InChI is InChI=1S/C17H17F3N2O3S/c1-16(2,3)25-15(24)22-11-8-12(26-13(11)14(21)23)9-4-6-10(7-5-9)17(18,19)20/h4-8H,1-3H3,(H2,21,23)(H,22,24). The first-order chi connectivity index (χ1) is 11.9. The molecule has 140 valence electrons. The monoisotopic (exact) mass is 386 g/mol. The second-order valence-electron chi connectivity index (χ2n) is 6.42. The molecule has 2 rings (SSSR count). The molecular weight excluding hydrogens is 369 g/mol. The van der Waals surface area contributed by atoms with Crippen LogP contribution in [0.1, 0.15) is 36.0 Å². The third-order valence-electron chi connectivity index (χ3n) is 3.09. The summed E-state index contributed by atoms with van der Waals surface area (Å²) in [5.74, 6) is -0.765. The van der Waals surface area contributed by atoms with Crippen molar-refractivity contribution in [3.8, 4) is 10.4 Å². The van der Waals surface area contributed by atoms with Crippen molar-refractivity contribution in [1.82, 2.24) is 0 Å². The Bertz CT molecular complexity index is 821. The number of ether oxygens (including phenoxy) is 1. The van der Waals surface area contributed by atoms with Crippen LogP contribution in [0, 0.1) is 0 Å². The van der Waals surface area contributed by atoms with E-state index in [2.05, 4.69) is 5.32 Å². The summed E-state index contributed by atoms with van der Waals surface area (Å²) < 4.78 is 43.1. The molecule has 9 heteroatoms. The summed E-state index contributed by atoms with van der Waals surface area (Å²) in [5.41, 5.74) is 4.42. The highest BCUT2D eigenvalue weighted by molar-refractivity contribution is 7.18. The number of rotatable bonds is 3. The van der Waals surface area contributed by atoms with Gasteiger partial charge in [0.15, 0.2) is 0 Å². The lowest BCUT2D eigenvalue weighted by Gasteiger charge is -2.19. The number of benzene rings is 1. The van der Waals surface area contributed by atoms with Gasteiger partial charge in [-0.15, -0.1) is 11.3 Å². The summed E-state index contributed by atoms with van der Waals surface area (Å²) >= 11 is 0.968. The predicted octanol–water partition coefficient (Wildman–Crippen LogP) is 4.88. The van der Waals surface area contributed by atoms with Crippen LogP contribution in [0.3, 0.4) is 0 Å². The molecule has 0 aliphatic rings. The zero-order valence-corrected chi connectivity index (χ0v) is 15.0. The van der Waals surface area contributed by atoms with Gasteiger partial charge in [0.2, 0.25) is 0 Å². The zero-order valence-electron chi connectivity index (χ0n) is 14.2. The molecule has 0 bridgehead atoms. The van der Waals surface area contributed by atoms with Gasteiger partial charge in [0.05, 0.1) is 11.3 Å². The maximum absolute atomic E-state index is 12.7. The van der Waals surface area contributed by atoms with E-state index >= 15 is 0 Å². The van der Waals surface area contributed by atoms with Crippen LogP contribution in [0.25, 0.3) is 10.4 Å². The lowest BCUT2D eigenvalue weighted by Crippen LogP contribution is -2.27. The van der Waals surface area contributed by atoms with E-state index in [1.54, 1.807) is 20.8 Å². The first-order valence-corrected chi connectivity index (χ1v) is 8.30. The van der Waals surface area contributed by atoms with Gasteiger partial charge < -0.3 is 10.5 Å². The molecule has 3 N–H and O–H groups in total. The minimum atomic E-state index is -4.43. The minimum absolute atomic E-state index is 0.0748. The van der Waals surface area contributed by atoms with Crippen LogP contribution in [0.5, 0.6) is 0 Å². The van der Waals surface area contributed by atoms with E-state index in [4.69, 9.17) is 10.5 Å². The normalized spacial score (nSPS) is 11.9. The third-order valence-corrected chi connectivity index (χ3v) is 4.29. The lowest BCUT2D eigenvalue weighted by molar-refractivity contribution is -0.137. The highest BCUT2D eigenvalue weighted by Crippen LogP contribution is 2.36. The number of amides is 2. The van der Waals surface area contributed by atoms with Crippen LogP contribution >= 0.6 is 11.3 Å². The van der Waals surface area contributed by atoms with Crippen LogP contribution < -0.4 is 11.1 Å². The van der Waals surface area contributed by atoms with Gasteiger partial charge in [0.1, 0.15) is 10.5 Å². The minimum Gasteiger partial charge on any atom is -0.444 e. The van der Waals surface area contributed by atoms with Crippen molar-refractivity contribution in [3.05, 3.63) is 40.8 Å². The summed E-state index contributed by atoms with van der Waals surface area (Å²) in [6, 6.07) is 5.94. The summed E-state index contributed by atoms with van der Waals surface area (Å²) in [7, 11) is 0. The van der Waals surface area contributed by atoms with Gasteiger partial charge in [-0.05, 0) is 44.5 Å². The third kappa shape index (κ3) is 4.98. The van der Waals surface area contributed by atoms with E-state index in [1.165, 1.54) is 18.2 Å². The molecule has 26 heavy (non-hydrogen) atoms. The number of primary amides is 1. The first kappa shape index (κ1) is 19.8. The van der Waals surface area contributed by atoms with Gasteiger partial charge in [0.25, 0.3) is 5.91 Å². The van der Waals surface area contributed by atoms with E-state index < -0.39 is 29.3 Å². The van der Waals surface area contributed by atoms with Crippen LogP contribution in [-0.2, 0) is 10.9 Å². The number of halogens is 3. The quantitative estimate of drug-likeness (QED) is 0.789. The number of hydrogen-bond donors (Lipinski definition) is 2. The highest BCUT2D eigenvalue weighted by Gasteiger charge is 2.30. The molecule has 1 aromatic carbocycles. The van der Waals surface area contributed by atoms with Crippen molar-refractivity contribution in [2.45, 2.75) is 32.5 Å². The number of nitrogens with two attached hydrogens (primary N) is 1. The van der Waals surface area contributed by atoms with Gasteiger partial charge in [-0.2, -0.15) is 13.2 Å². The fourth-order valence-electron chi connectivity index (χ4n) is 2.05. The van der Waals surface area contributed by atoms with Gasteiger partial charge >= 0.3 is 12.3 Å². The molecule has 0 atom stereocenters. The van der Waals surface area contributed by atoms with E-state index in [9.17, 15) is 22.8 Å². The van der Waals surface area contributed by atoms with Gasteiger partial charge in [0, 0.05) is 4.88 Å². The van der Waals surface area contributed by atoms with Crippen molar-refractivity contribution in [2.24, 2.45) is 5.73 Å². The second kappa shape index (κ2) is 6.99. The van der Waals surface area contributed by atoms with Gasteiger partial charge in [-0.3, -0.25) is 10.1 Å². The number of nitrogens with one attached hydrogen (secondary N) is 1. The Balaban J connectivity index is 2.31. The molecule has 0 aliphatic carbocycles. The molecule has 2 amide bonds. The average Bonchev–Trinajstić information content (AvgIpc) is 2.88. The second-order valence-corrected chi connectivity index (χ2v) is 7.47. The number of carbonyl (C=O) groups is 2. The smallest absolute Gasteiger partial charge is 0.416 e. The Morgan fingerprint density at radius 3 is 2.15 bits per heavy atom. The zero-order chi connectivity index (χ0) is 19.7. The van der Waals surface area contributed by atoms with Crippen LogP contribution in [-0.4, -0.2) is 17.6 Å². The fraction of sp³-hybridized carbons (Fsp3) is 0.294. The Morgan fingerprint density at radius 2 is 1.69 bits per heavy atom. The molecule has 0 fully saturated rings. The Hall–Kier alpha value is -2.55. The van der Waals surface area contributed by atoms with E-state index in [0.717, 1.165) is 23.5 Å². The van der Waals surface area contributed by atoms with Crippen molar-refractivity contribution >= 4 is 29.0 Å². The van der Waals surface area contributed by atoms with Crippen LogP contribution in [0.4, 0.5) is 23.7 Å². The van der Waals surface area contributed by atoms with Crippen LogP contribution in [0.2, 0.25) is 0 Å². The molecule has 0 aliphatic heterocycles. The Labute approximate surface area is 152 Å². The number of thiophene rings is 1. The van der Waals surface area contributed by atoms with Gasteiger partial charge in [-0.1, -0.05) is 12.1 Å². The number of anilines is 1. The summed E-state index contributed by atoms with van der Waals surface area (Å²) in [6.45, 7) is 5.05. The summed E-state index contributed by atoms with van der Waals surface area (Å²) in [4.78, 5) is 24.1. The maximum atomic E-state index is 12.7. The molecular formula is C17H17F3N2O3S. The summed E-state index contributed by atoms with van der Waals surface area (Å²) in [5, 5.41) is 2.44. The van der Waals surface area contributed by atoms with E-state index in [1.807, 2.05) is 0 Å². The van der Waals surface area contributed by atoms with Crippen molar-refractivity contribution in [1.29, 1.82) is 0 Å². The first-order valence-electron chi connectivity index (χ1n) is 7.48. The number of hydrogen-bond acceptors (Lipinski definition) is 4. The SMILES string of the molecule is CC(C)(C)OC(=O)Nc1cc(-c2ccc(C(F)(F)F)cc2)sc1C(N)=O. The van der Waals surface area contributed by atoms with Crippen molar-refractivity contribution < 1.29 is 27.5 Å². The van der Waals surface area contributed by atoms with Crippen LogP contribution in [0.15, 0.2) is 30.3 Å². The highest BCUT2D eigenvalue weighted by atomic mass is 32.1. The molecule has 2 aromatic rings. The topological polar surface area (TPSA) is 81.4 Å². The predicted molar refractivity (Wildman–Crippen MR) is 93.1 cm³/mol.